The van der Waals surface area contributed by atoms with Gasteiger partial charge in [0.15, 0.2) is 0 Å². The fourth-order valence-corrected chi connectivity index (χ4v) is 4.61. The molecule has 1 saturated carbocycles. The van der Waals surface area contributed by atoms with Crippen LogP contribution in [-0.4, -0.2) is 60.3 Å². The maximum atomic E-state index is 12.0. The zero-order valence-corrected chi connectivity index (χ0v) is 16.1. The van der Waals surface area contributed by atoms with E-state index in [4.69, 9.17) is 9.26 Å². The minimum absolute atomic E-state index is 0.203. The Morgan fingerprint density at radius 2 is 2.12 bits per heavy atom. The smallest absolute Gasteiger partial charge is 0.219 e. The molecule has 4 rings (SSSR count). The largest absolute Gasteiger partial charge is 0.381 e. The summed E-state index contributed by atoms with van der Waals surface area (Å²) < 4.78 is 11.2. The van der Waals surface area contributed by atoms with Crippen LogP contribution in [-0.2, 0) is 16.1 Å². The Labute approximate surface area is 155 Å². The van der Waals surface area contributed by atoms with Gasteiger partial charge in [0.1, 0.15) is 5.76 Å². The SMILES string of the molecule is CC(=O)N1C[C@H](COCC2CC2)C2(CCN(Cc3cc(C)on3)CC2)C1. The Morgan fingerprint density at radius 3 is 2.73 bits per heavy atom. The third-order valence-corrected chi connectivity index (χ3v) is 6.54. The number of aryl methyl sites for hydroxylation is 1. The van der Waals surface area contributed by atoms with Gasteiger partial charge in [-0.05, 0) is 57.0 Å². The second kappa shape index (κ2) is 7.31. The first kappa shape index (κ1) is 18.0. The number of likely N-dealkylation sites (tertiary alicyclic amines) is 2. The fourth-order valence-electron chi connectivity index (χ4n) is 4.61. The standard InChI is InChI=1S/C20H31N3O3/c1-15-9-19(21-26-15)11-22-7-5-20(6-8-22)14-23(16(2)24)10-18(20)13-25-12-17-3-4-17/h9,17-18H,3-8,10-14H2,1-2H3/t18-/m1/s1. The average molecular weight is 361 g/mol. The summed E-state index contributed by atoms with van der Waals surface area (Å²) in [5, 5.41) is 4.12. The van der Waals surface area contributed by atoms with Crippen molar-refractivity contribution in [1.29, 1.82) is 0 Å². The summed E-state index contributed by atoms with van der Waals surface area (Å²) >= 11 is 0. The second-order valence-corrected chi connectivity index (χ2v) is 8.64. The highest BCUT2D eigenvalue weighted by Gasteiger charge is 2.48. The number of piperidine rings is 1. The quantitative estimate of drug-likeness (QED) is 0.779. The van der Waals surface area contributed by atoms with Gasteiger partial charge in [-0.3, -0.25) is 9.69 Å². The molecule has 2 aliphatic heterocycles. The molecule has 0 bridgehead atoms. The Kier molecular flexibility index (Phi) is 5.06. The van der Waals surface area contributed by atoms with Crippen molar-refractivity contribution in [2.75, 3.05) is 39.4 Å². The summed E-state index contributed by atoms with van der Waals surface area (Å²) in [6, 6.07) is 2.02. The summed E-state index contributed by atoms with van der Waals surface area (Å²) in [5.41, 5.74) is 1.24. The Morgan fingerprint density at radius 1 is 1.35 bits per heavy atom. The summed E-state index contributed by atoms with van der Waals surface area (Å²) in [6.45, 7) is 10.1. The summed E-state index contributed by atoms with van der Waals surface area (Å²) in [6.07, 6.45) is 4.91. The zero-order valence-electron chi connectivity index (χ0n) is 16.1. The van der Waals surface area contributed by atoms with Gasteiger partial charge in [0, 0.05) is 45.1 Å². The number of carbonyl (C=O) groups excluding carboxylic acids is 1. The molecule has 0 radical (unpaired) electrons. The minimum Gasteiger partial charge on any atom is -0.381 e. The number of rotatable bonds is 6. The van der Waals surface area contributed by atoms with E-state index in [9.17, 15) is 4.79 Å². The van der Waals surface area contributed by atoms with Crippen LogP contribution in [0.4, 0.5) is 0 Å². The molecule has 1 spiro atoms. The molecule has 3 fully saturated rings. The normalized spacial score (nSPS) is 25.9. The van der Waals surface area contributed by atoms with Crippen molar-refractivity contribution in [2.45, 2.75) is 46.1 Å². The van der Waals surface area contributed by atoms with E-state index in [0.717, 1.165) is 76.2 Å². The first-order valence-corrected chi connectivity index (χ1v) is 10.0. The van der Waals surface area contributed by atoms with Gasteiger partial charge in [-0.15, -0.1) is 0 Å². The number of amides is 1. The van der Waals surface area contributed by atoms with Crippen LogP contribution < -0.4 is 0 Å². The van der Waals surface area contributed by atoms with Crippen molar-refractivity contribution < 1.29 is 14.1 Å². The van der Waals surface area contributed by atoms with Gasteiger partial charge in [-0.2, -0.15) is 0 Å². The van der Waals surface area contributed by atoms with Crippen molar-refractivity contribution >= 4 is 5.91 Å². The zero-order chi connectivity index (χ0) is 18.1. The molecule has 1 aromatic rings. The lowest BCUT2D eigenvalue weighted by atomic mass is 9.71. The van der Waals surface area contributed by atoms with E-state index in [2.05, 4.69) is 10.1 Å². The third kappa shape index (κ3) is 3.96. The maximum absolute atomic E-state index is 12.0. The number of carbonyl (C=O) groups is 1. The van der Waals surface area contributed by atoms with E-state index in [1.807, 2.05) is 17.9 Å². The Balaban J connectivity index is 1.35. The van der Waals surface area contributed by atoms with E-state index in [-0.39, 0.29) is 11.3 Å². The predicted molar refractivity (Wildman–Crippen MR) is 97.5 cm³/mol. The third-order valence-electron chi connectivity index (χ3n) is 6.54. The van der Waals surface area contributed by atoms with E-state index >= 15 is 0 Å². The fraction of sp³-hybridized carbons (Fsp3) is 0.800. The van der Waals surface area contributed by atoms with Crippen LogP contribution in [0.1, 0.15) is 44.1 Å². The van der Waals surface area contributed by atoms with Crippen molar-refractivity contribution in [3.8, 4) is 0 Å². The topological polar surface area (TPSA) is 58.8 Å². The van der Waals surface area contributed by atoms with Crippen LogP contribution in [0.3, 0.4) is 0 Å². The first-order chi connectivity index (χ1) is 12.5. The molecule has 1 atom stereocenters. The van der Waals surface area contributed by atoms with Crippen molar-refractivity contribution in [1.82, 2.24) is 15.0 Å². The first-order valence-electron chi connectivity index (χ1n) is 10.0. The number of ether oxygens (including phenoxy) is 1. The number of hydrogen-bond donors (Lipinski definition) is 0. The van der Waals surface area contributed by atoms with Gasteiger partial charge in [0.2, 0.25) is 5.91 Å². The van der Waals surface area contributed by atoms with E-state index in [0.29, 0.717) is 5.92 Å². The number of hydrogen-bond acceptors (Lipinski definition) is 5. The second-order valence-electron chi connectivity index (χ2n) is 8.64. The highest BCUT2D eigenvalue weighted by atomic mass is 16.5. The van der Waals surface area contributed by atoms with Crippen molar-refractivity contribution in [3.63, 3.8) is 0 Å². The molecule has 1 aromatic heterocycles. The lowest BCUT2D eigenvalue weighted by Gasteiger charge is -2.42. The van der Waals surface area contributed by atoms with E-state index in [1.165, 1.54) is 12.8 Å². The Bertz CT molecular complexity index is 632. The van der Waals surface area contributed by atoms with Gasteiger partial charge < -0.3 is 14.2 Å². The van der Waals surface area contributed by atoms with Crippen LogP contribution >= 0.6 is 0 Å². The molecule has 144 valence electrons. The molecular formula is C20H31N3O3. The lowest BCUT2D eigenvalue weighted by Crippen LogP contribution is -2.45. The molecule has 2 saturated heterocycles. The average Bonchev–Trinajstić information content (AvgIpc) is 3.25. The molecule has 0 aromatic carbocycles. The number of nitrogens with zero attached hydrogens (tertiary/aromatic N) is 3. The van der Waals surface area contributed by atoms with Gasteiger partial charge in [-0.1, -0.05) is 5.16 Å². The number of aromatic nitrogens is 1. The van der Waals surface area contributed by atoms with Gasteiger partial charge >= 0.3 is 0 Å². The molecule has 6 heteroatoms. The van der Waals surface area contributed by atoms with Crippen LogP contribution in [0.5, 0.6) is 0 Å². The van der Waals surface area contributed by atoms with E-state index in [1.54, 1.807) is 6.92 Å². The molecular weight excluding hydrogens is 330 g/mol. The van der Waals surface area contributed by atoms with Gasteiger partial charge in [0.05, 0.1) is 12.3 Å². The lowest BCUT2D eigenvalue weighted by molar-refractivity contribution is -0.128. The summed E-state index contributed by atoms with van der Waals surface area (Å²) in [4.78, 5) is 16.5. The highest BCUT2D eigenvalue weighted by molar-refractivity contribution is 5.73. The Hall–Kier alpha value is -1.40. The molecule has 3 heterocycles. The van der Waals surface area contributed by atoms with Crippen LogP contribution in [0, 0.1) is 24.2 Å². The van der Waals surface area contributed by atoms with Crippen molar-refractivity contribution in [2.24, 2.45) is 17.3 Å². The van der Waals surface area contributed by atoms with Crippen LogP contribution in [0.25, 0.3) is 0 Å². The highest BCUT2D eigenvalue weighted by Crippen LogP contribution is 2.45. The van der Waals surface area contributed by atoms with Crippen LogP contribution in [0.15, 0.2) is 10.6 Å². The maximum Gasteiger partial charge on any atom is 0.219 e. The molecule has 1 amide bonds. The predicted octanol–water partition coefficient (Wildman–Crippen LogP) is 2.47. The molecule has 1 aliphatic carbocycles. The van der Waals surface area contributed by atoms with Crippen molar-refractivity contribution in [3.05, 3.63) is 17.5 Å². The minimum atomic E-state index is 0.203. The molecule has 3 aliphatic rings. The molecule has 0 N–H and O–H groups in total. The van der Waals surface area contributed by atoms with Gasteiger partial charge in [0.25, 0.3) is 0 Å². The van der Waals surface area contributed by atoms with Gasteiger partial charge in [-0.25, -0.2) is 0 Å². The molecule has 26 heavy (non-hydrogen) atoms. The summed E-state index contributed by atoms with van der Waals surface area (Å²) in [7, 11) is 0. The monoisotopic (exact) mass is 361 g/mol. The summed E-state index contributed by atoms with van der Waals surface area (Å²) in [5.74, 6) is 2.34. The molecule has 0 unspecified atom stereocenters. The molecule has 6 nitrogen and oxygen atoms in total. The van der Waals surface area contributed by atoms with E-state index < -0.39 is 0 Å². The van der Waals surface area contributed by atoms with Crippen LogP contribution in [0.2, 0.25) is 0 Å².